The van der Waals surface area contributed by atoms with Crippen LogP contribution in [0.3, 0.4) is 0 Å². The molecule has 0 saturated heterocycles. The quantitative estimate of drug-likeness (QED) is 0.563. The molecule has 92 valence electrons. The van der Waals surface area contributed by atoms with Gasteiger partial charge in [0.1, 0.15) is 5.82 Å². The molecule has 0 aliphatic carbocycles. The molecule has 0 heterocycles. The van der Waals surface area contributed by atoms with E-state index in [4.69, 9.17) is 12.2 Å². The number of hydrazine groups is 1. The van der Waals surface area contributed by atoms with Crippen molar-refractivity contribution in [2.75, 3.05) is 6.54 Å². The number of thiocarbonyl (C=S) groups is 1. The summed E-state index contributed by atoms with van der Waals surface area (Å²) in [5.41, 5.74) is 5.14. The molecule has 0 aromatic heterocycles. The number of halogens is 1. The molecule has 0 unspecified atom stereocenters. The fourth-order valence-corrected chi connectivity index (χ4v) is 1.25. The van der Waals surface area contributed by atoms with E-state index in [1.807, 2.05) is 6.92 Å². The first-order valence-corrected chi connectivity index (χ1v) is 5.64. The maximum absolute atomic E-state index is 12.9. The molecule has 0 atom stereocenters. The van der Waals surface area contributed by atoms with Crippen LogP contribution in [0.4, 0.5) is 4.39 Å². The Morgan fingerprint density at radius 2 is 2.18 bits per heavy atom. The Morgan fingerprint density at radius 1 is 1.41 bits per heavy atom. The van der Waals surface area contributed by atoms with Gasteiger partial charge in [-0.2, -0.15) is 0 Å². The Balaban J connectivity index is 2.42. The van der Waals surface area contributed by atoms with Gasteiger partial charge in [0.25, 0.3) is 5.91 Å². The van der Waals surface area contributed by atoms with Crippen molar-refractivity contribution >= 4 is 23.2 Å². The van der Waals surface area contributed by atoms with Crippen LogP contribution in [-0.4, -0.2) is 17.6 Å². The summed E-state index contributed by atoms with van der Waals surface area (Å²) < 4.78 is 12.9. The second-order valence-electron chi connectivity index (χ2n) is 3.35. The molecule has 4 nitrogen and oxygen atoms in total. The second kappa shape index (κ2) is 6.80. The third-order valence-corrected chi connectivity index (χ3v) is 2.16. The van der Waals surface area contributed by atoms with Gasteiger partial charge in [0, 0.05) is 12.1 Å². The van der Waals surface area contributed by atoms with Gasteiger partial charge in [0.05, 0.1) is 0 Å². The summed E-state index contributed by atoms with van der Waals surface area (Å²) >= 11 is 4.90. The summed E-state index contributed by atoms with van der Waals surface area (Å²) in [4.78, 5) is 11.5. The number of amides is 1. The third-order valence-electron chi connectivity index (χ3n) is 1.91. The smallest absolute Gasteiger partial charge is 0.269 e. The van der Waals surface area contributed by atoms with Crippen molar-refractivity contribution in [3.8, 4) is 0 Å². The van der Waals surface area contributed by atoms with E-state index in [0.717, 1.165) is 19.0 Å². The van der Waals surface area contributed by atoms with Crippen LogP contribution in [0.15, 0.2) is 24.3 Å². The Hall–Kier alpha value is -1.69. The van der Waals surface area contributed by atoms with Gasteiger partial charge in [-0.15, -0.1) is 0 Å². The molecule has 17 heavy (non-hydrogen) atoms. The summed E-state index contributed by atoms with van der Waals surface area (Å²) in [6.07, 6.45) is 0.930. The van der Waals surface area contributed by atoms with Gasteiger partial charge in [0.15, 0.2) is 5.11 Å². The van der Waals surface area contributed by atoms with Crippen LogP contribution in [0.5, 0.6) is 0 Å². The summed E-state index contributed by atoms with van der Waals surface area (Å²) in [6, 6.07) is 5.41. The van der Waals surface area contributed by atoms with E-state index in [-0.39, 0.29) is 5.56 Å². The SMILES string of the molecule is CCCNC(=S)NNC(=O)c1cccc(F)c1. The molecule has 0 bridgehead atoms. The number of benzene rings is 1. The molecule has 0 aliphatic rings. The minimum atomic E-state index is -0.454. The first kappa shape index (κ1) is 13.4. The molecule has 0 spiro atoms. The molecular weight excluding hydrogens is 241 g/mol. The molecule has 1 rings (SSSR count). The van der Waals surface area contributed by atoms with Gasteiger partial charge in [0.2, 0.25) is 0 Å². The molecule has 0 aliphatic heterocycles. The zero-order valence-corrected chi connectivity index (χ0v) is 10.2. The van der Waals surface area contributed by atoms with Gasteiger partial charge in [-0.05, 0) is 36.8 Å². The van der Waals surface area contributed by atoms with Crippen molar-refractivity contribution in [3.05, 3.63) is 35.6 Å². The largest absolute Gasteiger partial charge is 0.361 e. The Morgan fingerprint density at radius 3 is 2.82 bits per heavy atom. The van der Waals surface area contributed by atoms with Crippen molar-refractivity contribution in [3.63, 3.8) is 0 Å². The van der Waals surface area contributed by atoms with E-state index < -0.39 is 11.7 Å². The Bertz CT molecular complexity index is 411. The highest BCUT2D eigenvalue weighted by Crippen LogP contribution is 2.02. The fourth-order valence-electron chi connectivity index (χ4n) is 1.10. The standard InChI is InChI=1S/C11H14FN3OS/c1-2-6-13-11(17)15-14-10(16)8-4-3-5-9(12)7-8/h3-5,7H,2,6H2,1H3,(H,14,16)(H2,13,15,17). The minimum absolute atomic E-state index is 0.232. The average molecular weight is 255 g/mol. The third kappa shape index (κ3) is 4.78. The topological polar surface area (TPSA) is 53.2 Å². The van der Waals surface area contributed by atoms with Crippen LogP contribution in [0.2, 0.25) is 0 Å². The van der Waals surface area contributed by atoms with Crippen LogP contribution in [0.25, 0.3) is 0 Å². The highest BCUT2D eigenvalue weighted by Gasteiger charge is 2.05. The van der Waals surface area contributed by atoms with E-state index >= 15 is 0 Å². The van der Waals surface area contributed by atoms with E-state index in [1.54, 1.807) is 0 Å². The lowest BCUT2D eigenvalue weighted by molar-refractivity contribution is 0.0943. The predicted octanol–water partition coefficient (Wildman–Crippen LogP) is 1.34. The maximum Gasteiger partial charge on any atom is 0.269 e. The zero-order valence-electron chi connectivity index (χ0n) is 9.42. The fraction of sp³-hybridized carbons (Fsp3) is 0.273. The number of nitrogens with one attached hydrogen (secondary N) is 3. The molecule has 1 aromatic carbocycles. The Labute approximate surface area is 105 Å². The zero-order chi connectivity index (χ0) is 12.7. The molecule has 0 fully saturated rings. The molecular formula is C11H14FN3OS. The van der Waals surface area contributed by atoms with Crippen molar-refractivity contribution in [2.24, 2.45) is 0 Å². The minimum Gasteiger partial charge on any atom is -0.361 e. The lowest BCUT2D eigenvalue weighted by Crippen LogP contribution is -2.46. The lowest BCUT2D eigenvalue weighted by Gasteiger charge is -2.10. The molecule has 6 heteroatoms. The summed E-state index contributed by atoms with van der Waals surface area (Å²) in [5.74, 6) is -0.894. The van der Waals surface area contributed by atoms with Gasteiger partial charge in [-0.25, -0.2) is 4.39 Å². The van der Waals surface area contributed by atoms with Crippen molar-refractivity contribution < 1.29 is 9.18 Å². The van der Waals surface area contributed by atoms with Gasteiger partial charge in [-0.1, -0.05) is 13.0 Å². The second-order valence-corrected chi connectivity index (χ2v) is 3.75. The number of carbonyl (C=O) groups excluding carboxylic acids is 1. The normalized spacial score (nSPS) is 9.53. The van der Waals surface area contributed by atoms with Crippen LogP contribution >= 0.6 is 12.2 Å². The highest BCUT2D eigenvalue weighted by atomic mass is 32.1. The first-order chi connectivity index (χ1) is 8.13. The first-order valence-electron chi connectivity index (χ1n) is 5.23. The molecule has 1 aromatic rings. The Kier molecular flexibility index (Phi) is 5.35. The number of rotatable bonds is 3. The summed E-state index contributed by atoms with van der Waals surface area (Å²) in [5, 5.41) is 3.21. The molecule has 0 saturated carbocycles. The number of hydrogen-bond acceptors (Lipinski definition) is 2. The van der Waals surface area contributed by atoms with Gasteiger partial charge < -0.3 is 5.32 Å². The number of carbonyl (C=O) groups is 1. The van der Waals surface area contributed by atoms with Gasteiger partial charge >= 0.3 is 0 Å². The van der Waals surface area contributed by atoms with Crippen LogP contribution in [0.1, 0.15) is 23.7 Å². The highest BCUT2D eigenvalue weighted by molar-refractivity contribution is 7.80. The average Bonchev–Trinajstić information content (AvgIpc) is 2.33. The van der Waals surface area contributed by atoms with E-state index in [1.165, 1.54) is 18.2 Å². The molecule has 0 radical (unpaired) electrons. The van der Waals surface area contributed by atoms with E-state index in [2.05, 4.69) is 16.2 Å². The van der Waals surface area contributed by atoms with Crippen molar-refractivity contribution in [1.82, 2.24) is 16.2 Å². The van der Waals surface area contributed by atoms with Crippen LogP contribution in [0, 0.1) is 5.82 Å². The summed E-state index contributed by atoms with van der Waals surface area (Å²) in [6.45, 7) is 2.72. The lowest BCUT2D eigenvalue weighted by atomic mass is 10.2. The predicted molar refractivity (Wildman–Crippen MR) is 67.9 cm³/mol. The summed E-state index contributed by atoms with van der Waals surface area (Å²) in [7, 11) is 0. The monoisotopic (exact) mass is 255 g/mol. The maximum atomic E-state index is 12.9. The van der Waals surface area contributed by atoms with E-state index in [9.17, 15) is 9.18 Å². The molecule has 3 N–H and O–H groups in total. The van der Waals surface area contributed by atoms with Crippen LogP contribution < -0.4 is 16.2 Å². The van der Waals surface area contributed by atoms with E-state index in [0.29, 0.717) is 5.11 Å². The number of hydrogen-bond donors (Lipinski definition) is 3. The van der Waals surface area contributed by atoms with Crippen molar-refractivity contribution in [2.45, 2.75) is 13.3 Å². The van der Waals surface area contributed by atoms with Crippen molar-refractivity contribution in [1.29, 1.82) is 0 Å². The van der Waals surface area contributed by atoms with Gasteiger partial charge in [-0.3, -0.25) is 15.6 Å². The molecule has 1 amide bonds. The van der Waals surface area contributed by atoms with Crippen LogP contribution in [-0.2, 0) is 0 Å².